The first-order chi connectivity index (χ1) is 10.2. The minimum atomic E-state index is -0.129. The number of hydrogen-bond acceptors (Lipinski definition) is 3. The molecule has 4 heteroatoms. The maximum Gasteiger partial charge on any atom is 0.117 e. The number of hydrogen-bond donors (Lipinski definition) is 1. The molecule has 0 aliphatic rings. The van der Waals surface area contributed by atoms with Gasteiger partial charge >= 0.3 is 0 Å². The van der Waals surface area contributed by atoms with Crippen LogP contribution in [0.2, 0.25) is 0 Å². The predicted molar refractivity (Wildman–Crippen MR) is 82.2 cm³/mol. The van der Waals surface area contributed by atoms with Crippen LogP contribution in [0.3, 0.4) is 0 Å². The molecule has 2 aromatic carbocycles. The van der Waals surface area contributed by atoms with Crippen LogP contribution in [0.4, 0.5) is 0 Å². The van der Waals surface area contributed by atoms with Crippen molar-refractivity contribution in [2.24, 2.45) is 0 Å². The summed E-state index contributed by atoms with van der Waals surface area (Å²) in [5.74, 6) is 0. The monoisotopic (exact) mass is 279 g/mol. The van der Waals surface area contributed by atoms with E-state index in [-0.39, 0.29) is 6.61 Å². The van der Waals surface area contributed by atoms with Crippen molar-refractivity contribution in [3.05, 3.63) is 65.4 Å². The first-order valence-corrected chi connectivity index (χ1v) is 6.89. The molecule has 3 rings (SSSR count). The van der Waals surface area contributed by atoms with Crippen LogP contribution in [0.5, 0.6) is 0 Å². The highest BCUT2D eigenvalue weighted by atomic mass is 16.3. The Morgan fingerprint density at radius 2 is 1.71 bits per heavy atom. The van der Waals surface area contributed by atoms with Crippen LogP contribution in [0.25, 0.3) is 16.9 Å². The normalized spacial score (nSPS) is 10.8. The van der Waals surface area contributed by atoms with Crippen molar-refractivity contribution in [1.82, 2.24) is 15.0 Å². The molecule has 0 bridgehead atoms. The standard InChI is InChI=1S/C17H17N3O/c1-12-7-9-14(10-8-12)20-17(16(11-21)18-19-20)15-6-4-3-5-13(15)2/h3-10,21H,11H2,1-2H3. The van der Waals surface area contributed by atoms with Gasteiger partial charge in [0.15, 0.2) is 0 Å². The maximum absolute atomic E-state index is 9.56. The molecule has 0 saturated heterocycles. The Bertz CT molecular complexity index is 760. The fourth-order valence-corrected chi connectivity index (χ4v) is 2.39. The zero-order chi connectivity index (χ0) is 14.8. The number of benzene rings is 2. The molecule has 1 heterocycles. The molecule has 0 unspecified atom stereocenters. The van der Waals surface area contributed by atoms with Gasteiger partial charge in [-0.3, -0.25) is 0 Å². The van der Waals surface area contributed by atoms with E-state index in [1.807, 2.05) is 62.4 Å². The van der Waals surface area contributed by atoms with Gasteiger partial charge in [0.2, 0.25) is 0 Å². The molecular formula is C17H17N3O. The van der Waals surface area contributed by atoms with Gasteiger partial charge in [0.05, 0.1) is 12.3 Å². The van der Waals surface area contributed by atoms with Crippen LogP contribution in [0.15, 0.2) is 48.5 Å². The second-order valence-electron chi connectivity index (χ2n) is 5.11. The fraction of sp³-hybridized carbons (Fsp3) is 0.176. The lowest BCUT2D eigenvalue weighted by Gasteiger charge is -2.10. The van der Waals surface area contributed by atoms with E-state index in [0.717, 1.165) is 22.5 Å². The van der Waals surface area contributed by atoms with Crippen molar-refractivity contribution >= 4 is 0 Å². The molecular weight excluding hydrogens is 262 g/mol. The second kappa shape index (κ2) is 5.50. The SMILES string of the molecule is Cc1ccc(-n2nnc(CO)c2-c2ccccc2C)cc1. The maximum atomic E-state index is 9.56. The Labute approximate surface area is 123 Å². The third-order valence-corrected chi connectivity index (χ3v) is 3.57. The number of nitrogens with zero attached hydrogens (tertiary/aromatic N) is 3. The number of rotatable bonds is 3. The molecule has 0 aliphatic carbocycles. The van der Waals surface area contributed by atoms with Gasteiger partial charge in [-0.05, 0) is 31.5 Å². The molecule has 3 aromatic rings. The Kier molecular flexibility index (Phi) is 3.54. The van der Waals surface area contributed by atoms with Gasteiger partial charge in [-0.15, -0.1) is 5.10 Å². The summed E-state index contributed by atoms with van der Waals surface area (Å²) in [4.78, 5) is 0. The Morgan fingerprint density at radius 3 is 2.38 bits per heavy atom. The minimum absolute atomic E-state index is 0.129. The summed E-state index contributed by atoms with van der Waals surface area (Å²) < 4.78 is 1.79. The molecule has 0 saturated carbocycles. The molecule has 0 spiro atoms. The van der Waals surface area contributed by atoms with Crippen molar-refractivity contribution < 1.29 is 5.11 Å². The second-order valence-corrected chi connectivity index (χ2v) is 5.11. The van der Waals surface area contributed by atoms with E-state index < -0.39 is 0 Å². The third-order valence-electron chi connectivity index (χ3n) is 3.57. The highest BCUT2D eigenvalue weighted by Crippen LogP contribution is 2.28. The first-order valence-electron chi connectivity index (χ1n) is 6.89. The van der Waals surface area contributed by atoms with E-state index in [2.05, 4.69) is 10.3 Å². The molecule has 21 heavy (non-hydrogen) atoms. The van der Waals surface area contributed by atoms with Crippen molar-refractivity contribution in [2.75, 3.05) is 0 Å². The number of aromatic nitrogens is 3. The zero-order valence-electron chi connectivity index (χ0n) is 12.1. The van der Waals surface area contributed by atoms with Gasteiger partial charge in [-0.2, -0.15) is 0 Å². The highest BCUT2D eigenvalue weighted by Gasteiger charge is 2.16. The quantitative estimate of drug-likeness (QED) is 0.801. The minimum Gasteiger partial charge on any atom is -0.390 e. The Hall–Kier alpha value is -2.46. The smallest absolute Gasteiger partial charge is 0.117 e. The highest BCUT2D eigenvalue weighted by molar-refractivity contribution is 5.67. The molecule has 0 atom stereocenters. The summed E-state index contributed by atoms with van der Waals surface area (Å²) in [6, 6.07) is 16.1. The first kappa shape index (κ1) is 13.5. The molecule has 0 aliphatic heterocycles. The van der Waals surface area contributed by atoms with E-state index in [9.17, 15) is 5.11 Å². The van der Waals surface area contributed by atoms with Crippen LogP contribution < -0.4 is 0 Å². The fourth-order valence-electron chi connectivity index (χ4n) is 2.39. The summed E-state index contributed by atoms with van der Waals surface area (Å²) in [5.41, 5.74) is 5.73. The average Bonchev–Trinajstić information content (AvgIpc) is 2.92. The number of aryl methyl sites for hydroxylation is 2. The topological polar surface area (TPSA) is 50.9 Å². The molecule has 1 N–H and O–H groups in total. The lowest BCUT2D eigenvalue weighted by atomic mass is 10.0. The third kappa shape index (κ3) is 2.45. The molecule has 0 amide bonds. The van der Waals surface area contributed by atoms with E-state index in [1.165, 1.54) is 5.56 Å². The van der Waals surface area contributed by atoms with Gasteiger partial charge in [-0.1, -0.05) is 47.2 Å². The molecule has 1 aromatic heterocycles. The van der Waals surface area contributed by atoms with E-state index >= 15 is 0 Å². The molecule has 0 radical (unpaired) electrons. The average molecular weight is 279 g/mol. The van der Waals surface area contributed by atoms with Crippen LogP contribution >= 0.6 is 0 Å². The molecule has 0 fully saturated rings. The van der Waals surface area contributed by atoms with Gasteiger partial charge in [-0.25, -0.2) is 4.68 Å². The Morgan fingerprint density at radius 1 is 1.00 bits per heavy atom. The summed E-state index contributed by atoms with van der Waals surface area (Å²) in [7, 11) is 0. The van der Waals surface area contributed by atoms with Gasteiger partial charge < -0.3 is 5.11 Å². The van der Waals surface area contributed by atoms with Crippen LogP contribution in [-0.4, -0.2) is 20.1 Å². The van der Waals surface area contributed by atoms with Crippen molar-refractivity contribution in [3.8, 4) is 16.9 Å². The van der Waals surface area contributed by atoms with E-state index in [0.29, 0.717) is 5.69 Å². The van der Waals surface area contributed by atoms with Crippen molar-refractivity contribution in [1.29, 1.82) is 0 Å². The van der Waals surface area contributed by atoms with Gasteiger partial charge in [0.25, 0.3) is 0 Å². The van der Waals surface area contributed by atoms with Gasteiger partial charge in [0, 0.05) is 5.56 Å². The summed E-state index contributed by atoms with van der Waals surface area (Å²) >= 11 is 0. The lowest BCUT2D eigenvalue weighted by molar-refractivity contribution is 0.277. The van der Waals surface area contributed by atoms with E-state index in [1.54, 1.807) is 4.68 Å². The van der Waals surface area contributed by atoms with Crippen molar-refractivity contribution in [2.45, 2.75) is 20.5 Å². The zero-order valence-corrected chi connectivity index (χ0v) is 12.1. The van der Waals surface area contributed by atoms with Crippen LogP contribution in [-0.2, 0) is 6.61 Å². The summed E-state index contributed by atoms with van der Waals surface area (Å²) in [5, 5.41) is 17.9. The summed E-state index contributed by atoms with van der Waals surface area (Å²) in [6.07, 6.45) is 0. The molecule has 106 valence electrons. The number of aliphatic hydroxyl groups is 1. The number of aliphatic hydroxyl groups excluding tert-OH is 1. The van der Waals surface area contributed by atoms with Crippen LogP contribution in [0, 0.1) is 13.8 Å². The Balaban J connectivity index is 2.22. The molecule has 4 nitrogen and oxygen atoms in total. The van der Waals surface area contributed by atoms with Crippen LogP contribution in [0.1, 0.15) is 16.8 Å². The van der Waals surface area contributed by atoms with E-state index in [4.69, 9.17) is 0 Å². The summed E-state index contributed by atoms with van der Waals surface area (Å²) in [6.45, 7) is 3.96. The lowest BCUT2D eigenvalue weighted by Crippen LogP contribution is -2.01. The van der Waals surface area contributed by atoms with Crippen molar-refractivity contribution in [3.63, 3.8) is 0 Å². The van der Waals surface area contributed by atoms with Gasteiger partial charge in [0.1, 0.15) is 11.4 Å². The predicted octanol–water partition coefficient (Wildman–Crippen LogP) is 3.04. The largest absolute Gasteiger partial charge is 0.390 e.